The van der Waals surface area contributed by atoms with Crippen molar-refractivity contribution in [3.8, 4) is 23.0 Å². The number of benzene rings is 3. The van der Waals surface area contributed by atoms with Crippen LogP contribution in [0.2, 0.25) is 0 Å². The second-order valence-electron chi connectivity index (χ2n) is 8.91. The molecule has 2 unspecified atom stereocenters. The molecule has 0 spiro atoms. The van der Waals surface area contributed by atoms with Crippen LogP contribution in [0.15, 0.2) is 66.7 Å². The highest BCUT2D eigenvalue weighted by atomic mass is 16.5. The number of rotatable bonds is 9. The molecule has 0 aromatic heterocycles. The van der Waals surface area contributed by atoms with E-state index in [4.69, 9.17) is 18.9 Å². The van der Waals surface area contributed by atoms with Gasteiger partial charge < -0.3 is 24.3 Å². The van der Waals surface area contributed by atoms with E-state index in [0.29, 0.717) is 30.3 Å². The molecular formula is C29H34N2O5. The predicted octanol–water partition coefficient (Wildman–Crippen LogP) is 5.31. The zero-order chi connectivity index (χ0) is 25.5. The lowest BCUT2D eigenvalue weighted by Gasteiger charge is -2.39. The quantitative estimate of drug-likeness (QED) is 0.438. The van der Waals surface area contributed by atoms with E-state index in [1.807, 2.05) is 36.4 Å². The highest BCUT2D eigenvalue weighted by Crippen LogP contribution is 2.37. The van der Waals surface area contributed by atoms with Gasteiger partial charge in [-0.3, -0.25) is 9.69 Å². The number of ether oxygens (including phenoxy) is 4. The monoisotopic (exact) mass is 490 g/mol. The maximum Gasteiger partial charge on any atom is 0.228 e. The summed E-state index contributed by atoms with van der Waals surface area (Å²) in [7, 11) is 6.49. The summed E-state index contributed by atoms with van der Waals surface area (Å²) in [5.41, 5.74) is 2.96. The number of carbonyl (C=O) groups excluding carboxylic acids is 1. The van der Waals surface area contributed by atoms with E-state index >= 15 is 0 Å². The SMILES string of the molecule is COc1cc(CN2CC(C(=O)Nc3ccc(OC)cc3OC)CCC2c2ccccc2)cc(OC)c1. The van der Waals surface area contributed by atoms with E-state index in [1.165, 1.54) is 5.56 Å². The fraction of sp³-hybridized carbons (Fsp3) is 0.345. The molecule has 7 nitrogen and oxygen atoms in total. The van der Waals surface area contributed by atoms with Gasteiger partial charge in [0, 0.05) is 31.3 Å². The molecule has 1 fully saturated rings. The third-order valence-corrected chi connectivity index (χ3v) is 6.70. The minimum absolute atomic E-state index is 0.0156. The number of amides is 1. The number of nitrogens with zero attached hydrogens (tertiary/aromatic N) is 1. The van der Waals surface area contributed by atoms with Gasteiger partial charge in [-0.05, 0) is 48.2 Å². The van der Waals surface area contributed by atoms with Crippen molar-refractivity contribution in [3.63, 3.8) is 0 Å². The first-order chi connectivity index (χ1) is 17.5. The van der Waals surface area contributed by atoms with Crippen LogP contribution >= 0.6 is 0 Å². The molecule has 1 aliphatic rings. The summed E-state index contributed by atoms with van der Waals surface area (Å²) in [5.74, 6) is 2.56. The Morgan fingerprint density at radius 1 is 0.833 bits per heavy atom. The average molecular weight is 491 g/mol. The lowest BCUT2D eigenvalue weighted by atomic mass is 9.88. The molecule has 0 saturated carbocycles. The van der Waals surface area contributed by atoms with Crippen LogP contribution in [0.4, 0.5) is 5.69 Å². The van der Waals surface area contributed by atoms with Crippen molar-refractivity contribution >= 4 is 11.6 Å². The molecule has 3 aromatic rings. The Balaban J connectivity index is 1.56. The number of methoxy groups -OCH3 is 4. The smallest absolute Gasteiger partial charge is 0.228 e. The second-order valence-corrected chi connectivity index (χ2v) is 8.91. The summed E-state index contributed by atoms with van der Waals surface area (Å²) in [4.78, 5) is 15.7. The minimum atomic E-state index is -0.163. The average Bonchev–Trinajstić information content (AvgIpc) is 2.93. The molecule has 1 heterocycles. The number of piperidine rings is 1. The molecule has 4 rings (SSSR count). The number of hydrogen-bond donors (Lipinski definition) is 1. The highest BCUT2D eigenvalue weighted by Gasteiger charge is 2.33. The van der Waals surface area contributed by atoms with Gasteiger partial charge in [0.2, 0.25) is 5.91 Å². The fourth-order valence-electron chi connectivity index (χ4n) is 4.81. The van der Waals surface area contributed by atoms with E-state index in [1.54, 1.807) is 34.5 Å². The number of likely N-dealkylation sites (tertiary alicyclic amines) is 1. The molecular weight excluding hydrogens is 456 g/mol. The van der Waals surface area contributed by atoms with Crippen LogP contribution in [0.1, 0.15) is 30.0 Å². The van der Waals surface area contributed by atoms with E-state index < -0.39 is 0 Å². The zero-order valence-corrected chi connectivity index (χ0v) is 21.3. The Kier molecular flexibility index (Phi) is 8.33. The van der Waals surface area contributed by atoms with Gasteiger partial charge in [0.15, 0.2) is 0 Å². The van der Waals surface area contributed by atoms with Crippen LogP contribution in [-0.4, -0.2) is 45.8 Å². The van der Waals surface area contributed by atoms with Crippen molar-refractivity contribution in [2.45, 2.75) is 25.4 Å². The molecule has 36 heavy (non-hydrogen) atoms. The Hall–Kier alpha value is -3.71. The number of anilines is 1. The first-order valence-corrected chi connectivity index (χ1v) is 12.1. The lowest BCUT2D eigenvalue weighted by Crippen LogP contribution is -2.42. The van der Waals surface area contributed by atoms with Crippen LogP contribution in [-0.2, 0) is 11.3 Å². The van der Waals surface area contributed by atoms with Crippen molar-refractivity contribution in [3.05, 3.63) is 77.9 Å². The number of carbonyl (C=O) groups is 1. The zero-order valence-electron chi connectivity index (χ0n) is 21.3. The molecule has 0 bridgehead atoms. The molecule has 1 N–H and O–H groups in total. The van der Waals surface area contributed by atoms with E-state index in [2.05, 4.69) is 34.5 Å². The molecule has 1 aliphatic heterocycles. The van der Waals surface area contributed by atoms with Crippen molar-refractivity contribution in [1.82, 2.24) is 4.90 Å². The van der Waals surface area contributed by atoms with Gasteiger partial charge in [0.05, 0.1) is 40.0 Å². The van der Waals surface area contributed by atoms with Gasteiger partial charge in [-0.2, -0.15) is 0 Å². The van der Waals surface area contributed by atoms with Crippen molar-refractivity contribution < 1.29 is 23.7 Å². The summed E-state index contributed by atoms with van der Waals surface area (Å²) in [5, 5.41) is 3.07. The molecule has 190 valence electrons. The van der Waals surface area contributed by atoms with Crippen molar-refractivity contribution in [2.75, 3.05) is 40.3 Å². The third-order valence-electron chi connectivity index (χ3n) is 6.70. The Labute approximate surface area is 212 Å². The maximum atomic E-state index is 13.4. The maximum absolute atomic E-state index is 13.4. The molecule has 3 aromatic carbocycles. The first kappa shape index (κ1) is 25.4. The largest absolute Gasteiger partial charge is 0.497 e. The van der Waals surface area contributed by atoms with E-state index in [9.17, 15) is 4.79 Å². The Bertz CT molecular complexity index is 1150. The minimum Gasteiger partial charge on any atom is -0.497 e. The normalized spacial score (nSPS) is 17.8. The summed E-state index contributed by atoms with van der Waals surface area (Å²) >= 11 is 0. The standard InChI is InChI=1S/C29H34N2O5/c1-33-23-11-12-26(28(17-23)36-4)30-29(32)22-10-13-27(21-8-6-5-7-9-21)31(19-22)18-20-14-24(34-2)16-25(15-20)35-3/h5-9,11-12,14-17,22,27H,10,13,18-19H2,1-4H3,(H,30,32). The topological polar surface area (TPSA) is 69.3 Å². The van der Waals surface area contributed by atoms with Gasteiger partial charge in [-0.15, -0.1) is 0 Å². The summed E-state index contributed by atoms with van der Waals surface area (Å²) in [6.07, 6.45) is 1.67. The molecule has 1 amide bonds. The Morgan fingerprint density at radius 2 is 1.53 bits per heavy atom. The van der Waals surface area contributed by atoms with Crippen LogP contribution in [0.25, 0.3) is 0 Å². The van der Waals surface area contributed by atoms with Crippen LogP contribution in [0.5, 0.6) is 23.0 Å². The lowest BCUT2D eigenvalue weighted by molar-refractivity contribution is -0.122. The van der Waals surface area contributed by atoms with E-state index in [0.717, 1.165) is 29.9 Å². The van der Waals surface area contributed by atoms with Gasteiger partial charge >= 0.3 is 0 Å². The van der Waals surface area contributed by atoms with Gasteiger partial charge in [0.25, 0.3) is 0 Å². The molecule has 7 heteroatoms. The molecule has 0 aliphatic carbocycles. The van der Waals surface area contributed by atoms with Gasteiger partial charge in [0.1, 0.15) is 23.0 Å². The first-order valence-electron chi connectivity index (χ1n) is 12.1. The molecule has 2 atom stereocenters. The van der Waals surface area contributed by atoms with Crippen LogP contribution in [0.3, 0.4) is 0 Å². The summed E-state index contributed by atoms with van der Waals surface area (Å²) < 4.78 is 21.7. The van der Waals surface area contributed by atoms with Gasteiger partial charge in [-0.25, -0.2) is 0 Å². The van der Waals surface area contributed by atoms with Crippen molar-refractivity contribution in [1.29, 1.82) is 0 Å². The molecule has 0 radical (unpaired) electrons. The predicted molar refractivity (Wildman–Crippen MR) is 140 cm³/mol. The van der Waals surface area contributed by atoms with E-state index in [-0.39, 0.29) is 17.9 Å². The molecule has 1 saturated heterocycles. The summed E-state index contributed by atoms with van der Waals surface area (Å²) in [6.45, 7) is 1.30. The van der Waals surface area contributed by atoms with Crippen LogP contribution in [0, 0.1) is 5.92 Å². The highest BCUT2D eigenvalue weighted by molar-refractivity contribution is 5.94. The summed E-state index contributed by atoms with van der Waals surface area (Å²) in [6, 6.07) is 22.0. The number of hydrogen-bond acceptors (Lipinski definition) is 6. The fourth-order valence-corrected chi connectivity index (χ4v) is 4.81. The number of nitrogens with one attached hydrogen (secondary N) is 1. The van der Waals surface area contributed by atoms with Crippen LogP contribution < -0.4 is 24.3 Å². The van der Waals surface area contributed by atoms with Crippen molar-refractivity contribution in [2.24, 2.45) is 5.92 Å². The Morgan fingerprint density at radius 3 is 2.17 bits per heavy atom. The third kappa shape index (κ3) is 5.91. The second kappa shape index (κ2) is 11.8. The van der Waals surface area contributed by atoms with Gasteiger partial charge in [-0.1, -0.05) is 30.3 Å².